The van der Waals surface area contributed by atoms with Crippen LogP contribution in [0.4, 0.5) is 0 Å². The van der Waals surface area contributed by atoms with Crippen LogP contribution < -0.4 is 5.73 Å². The molecule has 8 unspecified atom stereocenters. The van der Waals surface area contributed by atoms with Crippen molar-refractivity contribution in [2.75, 3.05) is 20.6 Å². The fourth-order valence-corrected chi connectivity index (χ4v) is 8.54. The Morgan fingerprint density at radius 1 is 1.15 bits per heavy atom. The van der Waals surface area contributed by atoms with Crippen LogP contribution in [0.15, 0.2) is 6.07 Å². The van der Waals surface area contributed by atoms with Crippen molar-refractivity contribution in [1.82, 2.24) is 9.80 Å². The third-order valence-electron chi connectivity index (χ3n) is 10.4. The molecule has 8 atom stereocenters. The summed E-state index contributed by atoms with van der Waals surface area (Å²) in [5.74, 6) is -9.91. The molecule has 41 heavy (non-hydrogen) atoms. The van der Waals surface area contributed by atoms with E-state index in [9.17, 15) is 34.2 Å². The lowest BCUT2D eigenvalue weighted by molar-refractivity contribution is -0.181. The molecule has 4 aliphatic carbocycles. The Bertz CT molecular complexity index is 1390. The van der Waals surface area contributed by atoms with Gasteiger partial charge in [0, 0.05) is 29.6 Å². The monoisotopic (exact) mass is 585 g/mol. The van der Waals surface area contributed by atoms with Crippen molar-refractivity contribution in [3.8, 4) is 5.75 Å². The van der Waals surface area contributed by atoms with Crippen molar-refractivity contribution >= 4 is 40.6 Å². The fourth-order valence-electron chi connectivity index (χ4n) is 8.19. The first-order valence-electron chi connectivity index (χ1n) is 14.4. The molecule has 1 amide bonds. The average molecular weight is 586 g/mol. The number of nitrogens with zero attached hydrogens (tertiary/aromatic N) is 2. The number of amides is 1. The van der Waals surface area contributed by atoms with Gasteiger partial charge in [-0.1, -0.05) is 11.6 Å². The number of carbonyl (C=O) groups excluding carboxylic acids is 5. The number of phenols is 1. The summed E-state index contributed by atoms with van der Waals surface area (Å²) >= 11 is 7.03. The number of aromatic hydroxyl groups is 1. The van der Waals surface area contributed by atoms with Crippen molar-refractivity contribution in [3.63, 3.8) is 0 Å². The van der Waals surface area contributed by atoms with E-state index in [4.69, 9.17) is 17.3 Å². The summed E-state index contributed by atoms with van der Waals surface area (Å²) in [6.45, 7) is 3.15. The van der Waals surface area contributed by atoms with E-state index < -0.39 is 64.4 Å². The molecule has 1 aromatic rings. The number of rotatable bonds is 5. The van der Waals surface area contributed by atoms with E-state index in [-0.39, 0.29) is 30.2 Å². The van der Waals surface area contributed by atoms with Gasteiger partial charge in [-0.25, -0.2) is 0 Å². The van der Waals surface area contributed by atoms with Gasteiger partial charge >= 0.3 is 0 Å². The van der Waals surface area contributed by atoms with Gasteiger partial charge in [0.25, 0.3) is 0 Å². The van der Waals surface area contributed by atoms with E-state index in [0.717, 1.165) is 24.9 Å². The Hall–Kier alpha value is -2.66. The third-order valence-corrected chi connectivity index (χ3v) is 10.8. The van der Waals surface area contributed by atoms with E-state index in [1.807, 2.05) is 0 Å². The van der Waals surface area contributed by atoms with Crippen molar-refractivity contribution in [2.45, 2.75) is 69.2 Å². The first kappa shape index (κ1) is 28.5. The van der Waals surface area contributed by atoms with Crippen LogP contribution in [0, 0.1) is 29.6 Å². The number of carbonyl (C=O) groups is 5. The zero-order valence-corrected chi connectivity index (χ0v) is 24.2. The number of hydrogen-bond donors (Lipinski definition) is 3. The summed E-state index contributed by atoms with van der Waals surface area (Å²) in [6, 6.07) is 0.756. The van der Waals surface area contributed by atoms with Gasteiger partial charge < -0.3 is 15.9 Å². The molecule has 10 nitrogen and oxygen atoms in total. The van der Waals surface area contributed by atoms with Gasteiger partial charge in [0.1, 0.15) is 5.75 Å². The molecule has 6 rings (SSSR count). The summed E-state index contributed by atoms with van der Waals surface area (Å²) in [5, 5.41) is 23.3. The van der Waals surface area contributed by atoms with Crippen LogP contribution in [0.2, 0.25) is 5.02 Å². The highest BCUT2D eigenvalue weighted by Gasteiger charge is 2.69. The lowest BCUT2D eigenvalue weighted by Gasteiger charge is -2.52. The summed E-state index contributed by atoms with van der Waals surface area (Å²) in [5.41, 5.74) is 3.79. The molecule has 0 radical (unpaired) electrons. The second kappa shape index (κ2) is 9.69. The van der Waals surface area contributed by atoms with Crippen LogP contribution in [0.5, 0.6) is 5.75 Å². The van der Waals surface area contributed by atoms with E-state index in [0.29, 0.717) is 22.5 Å². The molecule has 0 spiro atoms. The minimum absolute atomic E-state index is 0.000515. The van der Waals surface area contributed by atoms with Crippen LogP contribution >= 0.6 is 11.6 Å². The summed E-state index contributed by atoms with van der Waals surface area (Å²) in [6.07, 6.45) is 4.44. The predicted octanol–water partition coefficient (Wildman–Crippen LogP) is 1.46. The molecule has 5 aliphatic rings. The maximum absolute atomic E-state index is 14.0. The highest BCUT2D eigenvalue weighted by Crippen LogP contribution is 2.53. The van der Waals surface area contributed by atoms with Crippen LogP contribution in [-0.4, -0.2) is 87.4 Å². The van der Waals surface area contributed by atoms with Crippen molar-refractivity contribution < 1.29 is 34.2 Å². The van der Waals surface area contributed by atoms with Crippen LogP contribution in [0.1, 0.15) is 66.6 Å². The number of fused-ring (bicyclic) bond motifs is 3. The smallest absolute Gasteiger partial charge is 0.235 e. The molecule has 1 saturated heterocycles. The SMILES string of the molecule is CC1CCC(c2cc(O)c3c(c2Cl)CC2CC4C(N(C)C)C(=O)C(C(N)=O)C(=O)C4(O)C(=O)C2C3=O)N1CC1CC1. The number of phenolic OH excluding ortho intramolecular Hbond substituents is 1. The van der Waals surface area contributed by atoms with Gasteiger partial charge in [-0.05, 0) is 88.6 Å². The van der Waals surface area contributed by atoms with Gasteiger partial charge in [0.2, 0.25) is 5.91 Å². The number of likely N-dealkylation sites (N-methyl/N-ethyl adjacent to an activating group) is 1. The van der Waals surface area contributed by atoms with Gasteiger partial charge in [-0.2, -0.15) is 0 Å². The maximum Gasteiger partial charge on any atom is 0.235 e. The van der Waals surface area contributed by atoms with Crippen LogP contribution in [0.25, 0.3) is 0 Å². The standard InChI is InChI=1S/C30H36ClN3O7/c1-12-4-7-18(34(12)11-13-5-6-13)15-10-19(35)21-16(23(15)31)8-14-9-17-24(33(2)3)26(37)22(29(32)40)28(39)30(17,41)27(38)20(14)25(21)36/h10,12-14,17-18,20,22,24,35,41H,4-9,11H2,1-3H3,(H2,32,40). The molecule has 4 fully saturated rings. The Morgan fingerprint density at radius 2 is 1.83 bits per heavy atom. The number of ketones is 4. The molecule has 4 N–H and O–H groups in total. The second-order valence-electron chi connectivity index (χ2n) is 13.0. The number of aliphatic hydroxyl groups is 1. The summed E-state index contributed by atoms with van der Waals surface area (Å²) in [7, 11) is 3.12. The Balaban J connectivity index is 1.42. The molecule has 0 bridgehead atoms. The Morgan fingerprint density at radius 3 is 2.44 bits per heavy atom. The molecular formula is C30H36ClN3O7. The largest absolute Gasteiger partial charge is 0.507 e. The molecule has 1 heterocycles. The van der Waals surface area contributed by atoms with E-state index in [1.54, 1.807) is 14.1 Å². The third kappa shape index (κ3) is 4.05. The van der Waals surface area contributed by atoms with E-state index in [1.165, 1.54) is 23.8 Å². The van der Waals surface area contributed by atoms with Crippen molar-refractivity contribution in [2.24, 2.45) is 35.3 Å². The Kier molecular flexibility index (Phi) is 6.73. The van der Waals surface area contributed by atoms with Gasteiger partial charge in [-0.3, -0.25) is 33.8 Å². The molecule has 1 aliphatic heterocycles. The van der Waals surface area contributed by atoms with E-state index in [2.05, 4.69) is 11.8 Å². The lowest BCUT2D eigenvalue weighted by Crippen LogP contribution is -2.74. The van der Waals surface area contributed by atoms with Crippen molar-refractivity contribution in [1.29, 1.82) is 0 Å². The molecular weight excluding hydrogens is 550 g/mol. The average Bonchev–Trinajstić information content (AvgIpc) is 3.64. The Labute approximate surface area is 243 Å². The molecule has 1 aromatic carbocycles. The zero-order chi connectivity index (χ0) is 29.7. The van der Waals surface area contributed by atoms with E-state index >= 15 is 0 Å². The van der Waals surface area contributed by atoms with Crippen LogP contribution in [-0.2, 0) is 25.6 Å². The minimum atomic E-state index is -2.74. The molecule has 3 saturated carbocycles. The zero-order valence-electron chi connectivity index (χ0n) is 23.4. The highest BCUT2D eigenvalue weighted by molar-refractivity contribution is 6.35. The van der Waals surface area contributed by atoms with Crippen LogP contribution in [0.3, 0.4) is 0 Å². The molecule has 0 aromatic heterocycles. The quantitative estimate of drug-likeness (QED) is 0.435. The number of primary amides is 1. The molecule has 11 heteroatoms. The second-order valence-corrected chi connectivity index (χ2v) is 13.4. The number of Topliss-reactive ketones (excluding diaryl/α,β-unsaturated/α-hetero) is 4. The van der Waals surface area contributed by atoms with Gasteiger partial charge in [0.15, 0.2) is 34.7 Å². The fraction of sp³-hybridized carbons (Fsp3) is 0.633. The number of benzene rings is 1. The van der Waals surface area contributed by atoms with Gasteiger partial charge in [0.05, 0.1) is 17.5 Å². The highest BCUT2D eigenvalue weighted by atomic mass is 35.5. The first-order valence-corrected chi connectivity index (χ1v) is 14.8. The first-order chi connectivity index (χ1) is 19.3. The normalized spacial score (nSPS) is 37.3. The number of hydrogen-bond acceptors (Lipinski definition) is 9. The molecule has 220 valence electrons. The topological polar surface area (TPSA) is 158 Å². The lowest BCUT2D eigenvalue weighted by atomic mass is 9.52. The maximum atomic E-state index is 14.0. The van der Waals surface area contributed by atoms with Crippen molar-refractivity contribution in [3.05, 3.63) is 27.8 Å². The van der Waals surface area contributed by atoms with Gasteiger partial charge in [-0.15, -0.1) is 0 Å². The number of likely N-dealkylation sites (tertiary alicyclic amines) is 1. The summed E-state index contributed by atoms with van der Waals surface area (Å²) in [4.78, 5) is 70.6. The predicted molar refractivity (Wildman–Crippen MR) is 147 cm³/mol. The summed E-state index contributed by atoms with van der Waals surface area (Å²) < 4.78 is 0. The minimum Gasteiger partial charge on any atom is -0.507 e. The number of halogens is 1. The number of nitrogens with two attached hydrogens (primary N) is 1.